The predicted octanol–water partition coefficient (Wildman–Crippen LogP) is 2.96. The Morgan fingerprint density at radius 1 is 1.27 bits per heavy atom. The minimum Gasteiger partial charge on any atom is -0.391 e. The molecule has 0 bridgehead atoms. The molecule has 10 nitrogen and oxygen atoms in total. The molecule has 2 amide bonds. The average molecular weight is 523 g/mol. The van der Waals surface area contributed by atoms with Crippen molar-refractivity contribution in [3.05, 3.63) is 52.7 Å². The Bertz CT molecular complexity index is 1360. The van der Waals surface area contributed by atoms with Gasteiger partial charge in [0.05, 0.1) is 28.2 Å². The van der Waals surface area contributed by atoms with Gasteiger partial charge in [0.25, 0.3) is 5.91 Å². The Morgan fingerprint density at radius 2 is 2.00 bits per heavy atom. The molecule has 11 heteroatoms. The number of aromatic nitrogens is 3. The predicted molar refractivity (Wildman–Crippen MR) is 138 cm³/mol. The summed E-state index contributed by atoms with van der Waals surface area (Å²) in [6.07, 6.45) is -0.461. The largest absolute Gasteiger partial charge is 0.391 e. The molecule has 0 saturated carbocycles. The quantitative estimate of drug-likeness (QED) is 0.508. The van der Waals surface area contributed by atoms with Gasteiger partial charge in [-0.1, -0.05) is 43.3 Å². The van der Waals surface area contributed by atoms with Crippen LogP contribution < -0.4 is 5.32 Å². The molecular weight excluding hydrogens is 492 g/mol. The normalized spacial score (nSPS) is 24.5. The maximum Gasteiger partial charge on any atom is 0.257 e. The van der Waals surface area contributed by atoms with E-state index in [1.807, 2.05) is 50.5 Å². The van der Waals surface area contributed by atoms with Gasteiger partial charge >= 0.3 is 0 Å². The molecule has 37 heavy (non-hydrogen) atoms. The third-order valence-electron chi connectivity index (χ3n) is 7.10. The van der Waals surface area contributed by atoms with Crippen molar-refractivity contribution in [3.8, 4) is 10.4 Å². The van der Waals surface area contributed by atoms with Crippen LogP contribution in [0.1, 0.15) is 56.1 Å². The number of aliphatic hydroxyl groups excluding tert-OH is 1. The van der Waals surface area contributed by atoms with Crippen LogP contribution in [0.5, 0.6) is 0 Å². The number of aliphatic imine (C=N–C) groups is 1. The Labute approximate surface area is 218 Å². The summed E-state index contributed by atoms with van der Waals surface area (Å²) in [5, 5.41) is 17.3. The van der Waals surface area contributed by atoms with Crippen LogP contribution in [0.25, 0.3) is 10.4 Å². The zero-order chi connectivity index (χ0) is 26.5. The first-order valence-electron chi connectivity index (χ1n) is 12.3. The van der Waals surface area contributed by atoms with Crippen LogP contribution in [0.4, 0.5) is 0 Å². The number of hydrogen-bond donors (Lipinski definition) is 2. The highest BCUT2D eigenvalue weighted by Crippen LogP contribution is 2.36. The number of amides is 2. The van der Waals surface area contributed by atoms with E-state index in [0.29, 0.717) is 11.7 Å². The van der Waals surface area contributed by atoms with Gasteiger partial charge in [-0.25, -0.2) is 9.98 Å². The van der Waals surface area contributed by atoms with E-state index in [1.165, 1.54) is 0 Å². The number of hydrogen-bond acceptors (Lipinski definition) is 9. The van der Waals surface area contributed by atoms with E-state index >= 15 is 0 Å². The molecule has 0 spiro atoms. The number of aryl methyl sites for hydroxylation is 2. The Hall–Kier alpha value is -3.44. The Morgan fingerprint density at radius 3 is 2.59 bits per heavy atom. The second kappa shape index (κ2) is 9.46. The van der Waals surface area contributed by atoms with Crippen molar-refractivity contribution >= 4 is 29.0 Å². The van der Waals surface area contributed by atoms with E-state index in [1.54, 1.807) is 30.1 Å². The van der Waals surface area contributed by atoms with Gasteiger partial charge in [-0.2, -0.15) is 4.98 Å². The van der Waals surface area contributed by atoms with Gasteiger partial charge in [0.1, 0.15) is 11.8 Å². The van der Waals surface area contributed by atoms with E-state index in [0.717, 1.165) is 21.7 Å². The van der Waals surface area contributed by atoms with E-state index in [9.17, 15) is 14.7 Å². The first-order valence-corrected chi connectivity index (χ1v) is 13.2. The number of carbonyl (C=O) groups is 2. The summed E-state index contributed by atoms with van der Waals surface area (Å²) in [6, 6.07) is 7.17. The van der Waals surface area contributed by atoms with Crippen LogP contribution in [-0.4, -0.2) is 61.5 Å². The van der Waals surface area contributed by atoms with Crippen LogP contribution in [0.2, 0.25) is 0 Å². The Balaban J connectivity index is 1.43. The van der Waals surface area contributed by atoms with Gasteiger partial charge in [0.15, 0.2) is 11.4 Å². The summed E-state index contributed by atoms with van der Waals surface area (Å²) in [7, 11) is 0. The minimum atomic E-state index is -1.15. The maximum atomic E-state index is 13.7. The van der Waals surface area contributed by atoms with Crippen molar-refractivity contribution in [2.75, 3.05) is 6.54 Å². The molecule has 5 rings (SSSR count). The van der Waals surface area contributed by atoms with Gasteiger partial charge in [-0.15, -0.1) is 11.3 Å². The number of β-amino-alcohol motifs (C(OH)–C–C–N with tert-alkyl or cyclic N) is 1. The second-order valence-electron chi connectivity index (χ2n) is 10.2. The number of likely N-dealkylation sites (tertiary alicyclic amines) is 1. The van der Waals surface area contributed by atoms with Crippen molar-refractivity contribution in [2.45, 2.75) is 64.6 Å². The monoisotopic (exact) mass is 522 g/mol. The Kier molecular flexibility index (Phi) is 6.45. The van der Waals surface area contributed by atoms with Gasteiger partial charge in [-0.3, -0.25) is 9.59 Å². The number of nitrogens with one attached hydrogen (secondary N) is 1. The smallest absolute Gasteiger partial charge is 0.257 e. The first-order chi connectivity index (χ1) is 17.6. The number of carbonyl (C=O) groups excluding carboxylic acids is 2. The first kappa shape index (κ1) is 25.2. The van der Waals surface area contributed by atoms with Gasteiger partial charge < -0.3 is 19.8 Å². The molecular formula is C26H30N6O4S. The summed E-state index contributed by atoms with van der Waals surface area (Å²) in [5.41, 5.74) is 3.39. The van der Waals surface area contributed by atoms with Gasteiger partial charge in [0, 0.05) is 13.0 Å². The number of amidine groups is 1. The van der Waals surface area contributed by atoms with Crippen molar-refractivity contribution in [2.24, 2.45) is 10.9 Å². The summed E-state index contributed by atoms with van der Waals surface area (Å²) < 4.78 is 5.33. The topological polar surface area (TPSA) is 134 Å². The molecule has 2 aliphatic rings. The fourth-order valence-electron chi connectivity index (χ4n) is 5.05. The molecule has 0 unspecified atom stereocenters. The fourth-order valence-corrected chi connectivity index (χ4v) is 5.86. The van der Waals surface area contributed by atoms with Crippen molar-refractivity contribution in [3.63, 3.8) is 0 Å². The van der Waals surface area contributed by atoms with Gasteiger partial charge in [-0.05, 0) is 37.8 Å². The van der Waals surface area contributed by atoms with Crippen molar-refractivity contribution in [1.29, 1.82) is 0 Å². The standard InChI is InChI=1S/C26H30N6O4S/c1-13(2)20(23-28-15(4)31-36-23)24(34)32-11-18(33)10-19(32)22-29-25(35)26(5,30-22)17-8-6-16(7-9-17)21-14(3)27-12-37-21/h6-9,12-13,18-20,33H,10-11H2,1-5H3,(H,29,30,35)/t18-,19-,20-,26+/m1/s1. The fraction of sp³-hybridized carbons (Fsp3) is 0.462. The van der Waals surface area contributed by atoms with E-state index in [-0.39, 0.29) is 36.6 Å². The molecule has 1 fully saturated rings. The SMILES string of the molecule is Cc1noc([C@H](C(=O)N2C[C@H](O)C[C@@H]2C2=N[C@@](C)(c3ccc(-c4scnc4C)cc3)C(=O)N2)C(C)C)n1. The van der Waals surface area contributed by atoms with Crippen LogP contribution in [0.15, 0.2) is 39.3 Å². The molecule has 0 aliphatic carbocycles. The summed E-state index contributed by atoms with van der Waals surface area (Å²) in [6.45, 7) is 9.38. The van der Waals surface area contributed by atoms with E-state index < -0.39 is 23.6 Å². The molecule has 4 atom stereocenters. The highest BCUT2D eigenvalue weighted by molar-refractivity contribution is 7.13. The lowest BCUT2D eigenvalue weighted by atomic mass is 9.91. The molecule has 3 aromatic rings. The summed E-state index contributed by atoms with van der Waals surface area (Å²) in [5.74, 6) is -0.218. The molecule has 2 N–H and O–H groups in total. The molecule has 1 saturated heterocycles. The van der Waals surface area contributed by atoms with Crippen LogP contribution in [0, 0.1) is 19.8 Å². The lowest BCUT2D eigenvalue weighted by molar-refractivity contribution is -0.134. The average Bonchev–Trinajstić information content (AvgIpc) is 3.62. The number of benzene rings is 1. The third-order valence-corrected chi connectivity index (χ3v) is 8.08. The highest BCUT2D eigenvalue weighted by Gasteiger charge is 2.48. The van der Waals surface area contributed by atoms with E-state index in [2.05, 4.69) is 20.4 Å². The number of thiazole rings is 1. The minimum absolute atomic E-state index is 0.114. The van der Waals surface area contributed by atoms with Crippen LogP contribution in [-0.2, 0) is 15.1 Å². The molecule has 0 radical (unpaired) electrons. The molecule has 2 aliphatic heterocycles. The lowest BCUT2D eigenvalue weighted by Crippen LogP contribution is -2.48. The third kappa shape index (κ3) is 4.46. The maximum absolute atomic E-state index is 13.7. The van der Waals surface area contributed by atoms with Gasteiger partial charge in [0.2, 0.25) is 11.8 Å². The lowest BCUT2D eigenvalue weighted by Gasteiger charge is -2.28. The molecule has 194 valence electrons. The van der Waals surface area contributed by atoms with E-state index in [4.69, 9.17) is 9.52 Å². The summed E-state index contributed by atoms with van der Waals surface area (Å²) >= 11 is 1.57. The molecule has 2 aromatic heterocycles. The number of aliphatic hydroxyl groups is 1. The molecule has 1 aromatic carbocycles. The zero-order valence-electron chi connectivity index (χ0n) is 21.4. The number of nitrogens with zero attached hydrogens (tertiary/aromatic N) is 5. The molecule has 4 heterocycles. The highest BCUT2D eigenvalue weighted by atomic mass is 32.1. The van der Waals surface area contributed by atoms with Crippen LogP contribution >= 0.6 is 11.3 Å². The summed E-state index contributed by atoms with van der Waals surface area (Å²) in [4.78, 5) is 43.0. The van der Waals surface area contributed by atoms with Crippen molar-refractivity contribution < 1.29 is 19.2 Å². The number of rotatable bonds is 6. The van der Waals surface area contributed by atoms with Crippen LogP contribution in [0.3, 0.4) is 0 Å². The second-order valence-corrected chi connectivity index (χ2v) is 11.0. The van der Waals surface area contributed by atoms with Crippen molar-refractivity contribution in [1.82, 2.24) is 25.3 Å². The zero-order valence-corrected chi connectivity index (χ0v) is 22.2.